The number of carbonyl (C=O) groups excluding carboxylic acids is 1. The molecule has 0 saturated carbocycles. The highest BCUT2D eigenvalue weighted by Crippen LogP contribution is 2.51. The number of imidazole rings is 1. The zero-order chi connectivity index (χ0) is 23.7. The number of ether oxygens (including phenoxy) is 1. The highest BCUT2D eigenvalue weighted by Gasteiger charge is 2.54. The second kappa shape index (κ2) is 10.0. The van der Waals surface area contributed by atoms with E-state index >= 15 is 0 Å². The van der Waals surface area contributed by atoms with Crippen LogP contribution < -0.4 is 5.73 Å². The number of rotatable bonds is 8. The summed E-state index contributed by atoms with van der Waals surface area (Å²) in [5.41, 5.74) is 6.24. The molecule has 1 fully saturated rings. The molecule has 10 nitrogen and oxygen atoms in total. The second-order valence-electron chi connectivity index (χ2n) is 8.31. The van der Waals surface area contributed by atoms with Crippen LogP contribution in [0.15, 0.2) is 12.7 Å². The third-order valence-corrected chi connectivity index (χ3v) is 7.97. The Labute approximate surface area is 200 Å². The standard InChI is InChI=1S/C18H25Cl2N5O5PS/c1-10-11(7-29-31(27)28-5-6-32-16(26)17(2,3)4)30-15(18(10,19)20)25-9-24-12-13(21)22-8-23-14(12)25/h8-11,15H,5-7H2,1-4H3,(H2,21,22,23)/q+1/t10-,11-,15-/m1/s1. The Bertz CT molecular complexity index is 1000. The van der Waals surface area contributed by atoms with Crippen molar-refractivity contribution in [1.82, 2.24) is 19.5 Å². The smallest absolute Gasteiger partial charge is 0.382 e. The third kappa shape index (κ3) is 5.52. The number of hydrogen-bond donors (Lipinski definition) is 1. The van der Waals surface area contributed by atoms with E-state index in [4.69, 9.17) is 42.7 Å². The van der Waals surface area contributed by atoms with Gasteiger partial charge in [-0.3, -0.25) is 9.36 Å². The van der Waals surface area contributed by atoms with Gasteiger partial charge in [0, 0.05) is 21.7 Å². The number of aromatic nitrogens is 4. The first kappa shape index (κ1) is 25.6. The van der Waals surface area contributed by atoms with E-state index in [0.717, 1.165) is 11.8 Å². The summed E-state index contributed by atoms with van der Waals surface area (Å²) in [5.74, 6) is 0.228. The van der Waals surface area contributed by atoms with E-state index < -0.39 is 30.3 Å². The van der Waals surface area contributed by atoms with Crippen molar-refractivity contribution in [2.24, 2.45) is 11.3 Å². The summed E-state index contributed by atoms with van der Waals surface area (Å²) in [6.45, 7) is 7.38. The normalized spacial score (nSPS) is 23.6. The fourth-order valence-corrected chi connectivity index (χ4v) is 5.04. The zero-order valence-corrected chi connectivity index (χ0v) is 21.2. The fraction of sp³-hybridized carbons (Fsp3) is 0.667. The van der Waals surface area contributed by atoms with Gasteiger partial charge in [0.1, 0.15) is 25.1 Å². The Morgan fingerprint density at radius 2 is 2.06 bits per heavy atom. The Morgan fingerprint density at radius 3 is 2.75 bits per heavy atom. The fourth-order valence-electron chi connectivity index (χ4n) is 2.96. The maximum atomic E-state index is 12.1. The van der Waals surface area contributed by atoms with E-state index in [2.05, 4.69) is 15.0 Å². The number of anilines is 1. The molecule has 2 aromatic rings. The number of carbonyl (C=O) groups is 1. The average Bonchev–Trinajstić information content (AvgIpc) is 3.23. The number of nitrogens with two attached hydrogens (primary N) is 1. The molecule has 1 aliphatic rings. The van der Waals surface area contributed by atoms with Gasteiger partial charge in [0.25, 0.3) is 0 Å². The van der Waals surface area contributed by atoms with Gasteiger partial charge in [-0.1, -0.05) is 62.7 Å². The lowest BCUT2D eigenvalue weighted by atomic mass is 10.00. The Morgan fingerprint density at radius 1 is 1.34 bits per heavy atom. The topological polar surface area (TPSA) is 131 Å². The molecule has 0 bridgehead atoms. The molecule has 3 heterocycles. The summed E-state index contributed by atoms with van der Waals surface area (Å²) in [6.07, 6.45) is 1.41. The molecule has 2 aromatic heterocycles. The average molecular weight is 525 g/mol. The van der Waals surface area contributed by atoms with Crippen LogP contribution in [-0.4, -0.2) is 54.0 Å². The van der Waals surface area contributed by atoms with Crippen LogP contribution in [-0.2, 0) is 23.1 Å². The first-order valence-electron chi connectivity index (χ1n) is 9.79. The van der Waals surface area contributed by atoms with E-state index in [-0.39, 0.29) is 30.1 Å². The van der Waals surface area contributed by atoms with Gasteiger partial charge in [-0.2, -0.15) is 0 Å². The molecule has 0 radical (unpaired) electrons. The number of nitrogen functional groups attached to an aromatic ring is 1. The van der Waals surface area contributed by atoms with Gasteiger partial charge in [0.05, 0.1) is 12.4 Å². The summed E-state index contributed by atoms with van der Waals surface area (Å²) in [6, 6.07) is 0. The zero-order valence-electron chi connectivity index (χ0n) is 18.0. The molecule has 2 N–H and O–H groups in total. The first-order valence-corrected chi connectivity index (χ1v) is 12.6. The molecule has 0 spiro atoms. The van der Waals surface area contributed by atoms with Crippen LogP contribution in [0.2, 0.25) is 0 Å². The van der Waals surface area contributed by atoms with Crippen molar-refractivity contribution in [3.05, 3.63) is 12.7 Å². The van der Waals surface area contributed by atoms with Gasteiger partial charge >= 0.3 is 8.25 Å². The number of fused-ring (bicyclic) bond motifs is 1. The summed E-state index contributed by atoms with van der Waals surface area (Å²) in [4.78, 5) is 24.2. The van der Waals surface area contributed by atoms with E-state index in [1.54, 1.807) is 11.5 Å². The van der Waals surface area contributed by atoms with Gasteiger partial charge < -0.3 is 10.5 Å². The van der Waals surface area contributed by atoms with Crippen LogP contribution in [0.1, 0.15) is 33.9 Å². The minimum absolute atomic E-state index is 0.0380. The molecule has 0 aromatic carbocycles. The van der Waals surface area contributed by atoms with Crippen LogP contribution in [0.5, 0.6) is 0 Å². The van der Waals surface area contributed by atoms with Crippen molar-refractivity contribution < 1.29 is 23.1 Å². The maximum absolute atomic E-state index is 12.1. The molecule has 14 heteroatoms. The minimum Gasteiger partial charge on any atom is -0.382 e. The Hall–Kier alpha value is -1.07. The van der Waals surface area contributed by atoms with Gasteiger partial charge in [-0.25, -0.2) is 15.0 Å². The van der Waals surface area contributed by atoms with E-state index in [0.29, 0.717) is 16.9 Å². The van der Waals surface area contributed by atoms with Crippen LogP contribution >= 0.6 is 43.2 Å². The molecule has 1 unspecified atom stereocenters. The second-order valence-corrected chi connectivity index (χ2v) is 11.8. The molecule has 4 atom stereocenters. The van der Waals surface area contributed by atoms with Crippen LogP contribution in [0, 0.1) is 11.3 Å². The number of alkyl halides is 2. The van der Waals surface area contributed by atoms with Gasteiger partial charge in [-0.15, -0.1) is 9.05 Å². The molecule has 1 saturated heterocycles. The molecule has 0 amide bonds. The summed E-state index contributed by atoms with van der Waals surface area (Å²) < 4.78 is 28.8. The van der Waals surface area contributed by atoms with Crippen LogP contribution in [0.25, 0.3) is 11.2 Å². The SMILES string of the molecule is C[C@@H]1[C@@H](CO[P+](=O)OCCSC(=O)C(C)(C)C)O[C@@H](n2cnc3c(N)ncnc32)C1(Cl)Cl. The lowest BCUT2D eigenvalue weighted by Crippen LogP contribution is -2.30. The third-order valence-electron chi connectivity index (χ3n) is 4.91. The predicted molar refractivity (Wildman–Crippen MR) is 124 cm³/mol. The van der Waals surface area contributed by atoms with Crippen molar-refractivity contribution in [3.63, 3.8) is 0 Å². The number of hydrogen-bond acceptors (Lipinski definition) is 10. The molecule has 3 rings (SSSR count). The van der Waals surface area contributed by atoms with Crippen LogP contribution in [0.4, 0.5) is 5.82 Å². The van der Waals surface area contributed by atoms with Crippen molar-refractivity contribution in [1.29, 1.82) is 0 Å². The predicted octanol–water partition coefficient (Wildman–Crippen LogP) is 4.11. The summed E-state index contributed by atoms with van der Waals surface area (Å²) in [7, 11) is -2.39. The van der Waals surface area contributed by atoms with Gasteiger partial charge in [-0.05, 0) is 0 Å². The summed E-state index contributed by atoms with van der Waals surface area (Å²) >= 11 is 14.4. The molecule has 0 aliphatic carbocycles. The van der Waals surface area contributed by atoms with E-state index in [9.17, 15) is 9.36 Å². The molecule has 32 heavy (non-hydrogen) atoms. The van der Waals surface area contributed by atoms with Crippen molar-refractivity contribution in [2.45, 2.75) is 44.4 Å². The molecular weight excluding hydrogens is 500 g/mol. The van der Waals surface area contributed by atoms with Crippen molar-refractivity contribution in [3.8, 4) is 0 Å². The number of halogens is 2. The van der Waals surface area contributed by atoms with Gasteiger partial charge in [0.15, 0.2) is 27.1 Å². The highest BCUT2D eigenvalue weighted by molar-refractivity contribution is 8.13. The van der Waals surface area contributed by atoms with Gasteiger partial charge in [0.2, 0.25) is 0 Å². The van der Waals surface area contributed by atoms with E-state index in [1.807, 2.05) is 20.8 Å². The highest BCUT2D eigenvalue weighted by atomic mass is 35.5. The number of nitrogens with zero attached hydrogens (tertiary/aromatic N) is 4. The van der Waals surface area contributed by atoms with Crippen molar-refractivity contribution >= 4 is 65.3 Å². The lowest BCUT2D eigenvalue weighted by Gasteiger charge is -2.24. The Balaban J connectivity index is 1.55. The quantitative estimate of drug-likeness (QED) is 0.305. The lowest BCUT2D eigenvalue weighted by molar-refractivity contribution is -0.117. The molecular formula is C18H25Cl2N5O5PS+. The van der Waals surface area contributed by atoms with Crippen LogP contribution in [0.3, 0.4) is 0 Å². The summed E-state index contributed by atoms with van der Waals surface area (Å²) in [5, 5.41) is 0.0380. The monoisotopic (exact) mass is 524 g/mol. The number of thioether (sulfide) groups is 1. The molecule has 176 valence electrons. The first-order chi connectivity index (χ1) is 14.9. The Kier molecular flexibility index (Phi) is 8.02. The largest absolute Gasteiger partial charge is 0.697 e. The molecule has 1 aliphatic heterocycles. The van der Waals surface area contributed by atoms with Crippen molar-refractivity contribution in [2.75, 3.05) is 24.7 Å². The van der Waals surface area contributed by atoms with E-state index in [1.165, 1.54) is 12.7 Å². The maximum Gasteiger partial charge on any atom is 0.697 e. The minimum atomic E-state index is -2.39.